The summed E-state index contributed by atoms with van der Waals surface area (Å²) >= 11 is 5.99. The molecule has 0 aliphatic rings. The maximum Gasteiger partial charge on any atom is 0.266 e. The third-order valence-corrected chi connectivity index (χ3v) is 4.06. The zero-order valence-corrected chi connectivity index (χ0v) is 14.6. The Balaban J connectivity index is 2.02. The maximum atomic E-state index is 14.4. The first-order valence-electron chi connectivity index (χ1n) is 7.60. The lowest BCUT2D eigenvalue weighted by atomic mass is 10.0. The summed E-state index contributed by atoms with van der Waals surface area (Å²) in [6.07, 6.45) is -1.60. The Kier molecular flexibility index (Phi) is 5.13. The molecule has 0 unspecified atom stereocenters. The lowest BCUT2D eigenvalue weighted by Gasteiger charge is -2.18. The highest BCUT2D eigenvalue weighted by Crippen LogP contribution is 2.32. The first-order valence-corrected chi connectivity index (χ1v) is 7.98. The number of nitrogens with one attached hydrogen (secondary N) is 1. The van der Waals surface area contributed by atoms with Gasteiger partial charge in [0.1, 0.15) is 28.6 Å². The van der Waals surface area contributed by atoms with Gasteiger partial charge in [-0.15, -0.1) is 0 Å². The van der Waals surface area contributed by atoms with E-state index in [2.05, 4.69) is 20.3 Å². The van der Waals surface area contributed by atoms with Crippen LogP contribution in [0.3, 0.4) is 0 Å². The van der Waals surface area contributed by atoms with Gasteiger partial charge in [0.05, 0.1) is 24.1 Å². The van der Waals surface area contributed by atoms with Gasteiger partial charge in [0.25, 0.3) is 6.43 Å². The summed E-state index contributed by atoms with van der Waals surface area (Å²) in [6, 6.07) is 4.80. The monoisotopic (exact) mass is 382 g/mol. The van der Waals surface area contributed by atoms with Gasteiger partial charge in [0, 0.05) is 5.56 Å². The van der Waals surface area contributed by atoms with E-state index in [-0.39, 0.29) is 16.6 Å². The van der Waals surface area contributed by atoms with E-state index in [1.807, 2.05) is 0 Å². The Hall–Kier alpha value is -2.61. The minimum absolute atomic E-state index is 0.0988. The van der Waals surface area contributed by atoms with Crippen molar-refractivity contribution in [2.24, 2.45) is 0 Å². The van der Waals surface area contributed by atoms with Gasteiger partial charge >= 0.3 is 0 Å². The van der Waals surface area contributed by atoms with Crippen LogP contribution in [0.1, 0.15) is 30.5 Å². The van der Waals surface area contributed by atoms with Crippen LogP contribution >= 0.6 is 11.6 Å². The van der Waals surface area contributed by atoms with Crippen molar-refractivity contribution in [3.8, 4) is 5.88 Å². The SMILES string of the molecule is COc1nc(Cl)cc2c(N[C@H](C)c3cccc(C(F)F)c3F)ncnc12. The lowest BCUT2D eigenvalue weighted by Crippen LogP contribution is -2.12. The number of rotatable bonds is 5. The molecule has 3 rings (SSSR count). The zero-order valence-electron chi connectivity index (χ0n) is 13.8. The molecule has 3 aromatic rings. The Morgan fingerprint density at radius 3 is 2.62 bits per heavy atom. The van der Waals surface area contributed by atoms with Gasteiger partial charge in [0.15, 0.2) is 0 Å². The van der Waals surface area contributed by atoms with E-state index in [9.17, 15) is 13.2 Å². The number of alkyl halides is 2. The van der Waals surface area contributed by atoms with Crippen LogP contribution in [-0.4, -0.2) is 22.1 Å². The van der Waals surface area contributed by atoms with Gasteiger partial charge in [-0.1, -0.05) is 29.8 Å². The van der Waals surface area contributed by atoms with Crippen LogP contribution in [0.25, 0.3) is 10.9 Å². The van der Waals surface area contributed by atoms with Crippen molar-refractivity contribution >= 4 is 28.3 Å². The fourth-order valence-corrected chi connectivity index (χ4v) is 2.80. The van der Waals surface area contributed by atoms with Crippen molar-refractivity contribution in [2.45, 2.75) is 19.4 Å². The van der Waals surface area contributed by atoms with Gasteiger partial charge in [-0.2, -0.15) is 4.98 Å². The Labute approximate surface area is 152 Å². The van der Waals surface area contributed by atoms with E-state index in [4.69, 9.17) is 16.3 Å². The van der Waals surface area contributed by atoms with Crippen molar-refractivity contribution in [3.05, 3.63) is 52.7 Å². The Morgan fingerprint density at radius 1 is 1.19 bits per heavy atom. The fraction of sp³-hybridized carbons (Fsp3) is 0.235. The van der Waals surface area contributed by atoms with E-state index in [0.29, 0.717) is 16.7 Å². The standard InChI is InChI=1S/C17H14ClF3N4O/c1-8(9-4-3-5-10(13(9)19)15(20)21)24-16-11-6-12(18)25-17(26-2)14(11)22-7-23-16/h3-8,15H,1-2H3,(H,22,23,24)/t8-/m1/s1. The maximum absolute atomic E-state index is 14.4. The van der Waals surface area contributed by atoms with Gasteiger partial charge in [-0.05, 0) is 13.0 Å². The Bertz CT molecular complexity index is 955. The number of pyridine rings is 1. The highest BCUT2D eigenvalue weighted by atomic mass is 35.5. The molecule has 0 fully saturated rings. The third-order valence-electron chi connectivity index (χ3n) is 3.86. The predicted octanol–water partition coefficient (Wildman–Crippen LogP) is 4.94. The smallest absolute Gasteiger partial charge is 0.266 e. The molecule has 0 bridgehead atoms. The summed E-state index contributed by atoms with van der Waals surface area (Å²) in [5.74, 6) is -0.374. The first kappa shape index (κ1) is 18.2. The van der Waals surface area contributed by atoms with Crippen molar-refractivity contribution in [3.63, 3.8) is 0 Å². The molecule has 2 aromatic heterocycles. The summed E-state index contributed by atoms with van der Waals surface area (Å²) in [5, 5.41) is 3.70. The van der Waals surface area contributed by atoms with Crippen LogP contribution < -0.4 is 10.1 Å². The van der Waals surface area contributed by atoms with E-state index < -0.39 is 23.8 Å². The molecule has 2 heterocycles. The molecule has 0 saturated carbocycles. The quantitative estimate of drug-likeness (QED) is 0.633. The number of hydrogen-bond acceptors (Lipinski definition) is 5. The molecule has 0 saturated heterocycles. The summed E-state index contributed by atoms with van der Waals surface area (Å²) in [6.45, 7) is 1.64. The summed E-state index contributed by atoms with van der Waals surface area (Å²) in [4.78, 5) is 12.3. The van der Waals surface area contributed by atoms with Gasteiger partial charge in [-0.3, -0.25) is 0 Å². The molecule has 9 heteroatoms. The number of fused-ring (bicyclic) bond motifs is 1. The summed E-state index contributed by atoms with van der Waals surface area (Å²) in [5.41, 5.74) is -0.123. The molecule has 1 N–H and O–H groups in total. The van der Waals surface area contributed by atoms with Crippen LogP contribution in [0.15, 0.2) is 30.6 Å². The van der Waals surface area contributed by atoms with Crippen molar-refractivity contribution in [2.75, 3.05) is 12.4 Å². The molecule has 5 nitrogen and oxygen atoms in total. The molecule has 26 heavy (non-hydrogen) atoms. The molecule has 0 radical (unpaired) electrons. The number of nitrogens with zero attached hydrogens (tertiary/aromatic N) is 3. The predicted molar refractivity (Wildman–Crippen MR) is 92.3 cm³/mol. The molecule has 0 spiro atoms. The second-order valence-electron chi connectivity index (χ2n) is 5.49. The second-order valence-corrected chi connectivity index (χ2v) is 5.88. The van der Waals surface area contributed by atoms with Crippen molar-refractivity contribution in [1.82, 2.24) is 15.0 Å². The van der Waals surface area contributed by atoms with Crippen LogP contribution in [0.2, 0.25) is 5.15 Å². The lowest BCUT2D eigenvalue weighted by molar-refractivity contribution is 0.146. The second kappa shape index (κ2) is 7.33. The number of anilines is 1. The normalized spacial score (nSPS) is 12.4. The molecular formula is C17H14ClF3N4O. The van der Waals surface area contributed by atoms with E-state index >= 15 is 0 Å². The topological polar surface area (TPSA) is 59.9 Å². The van der Waals surface area contributed by atoms with Crippen LogP contribution in [0.5, 0.6) is 5.88 Å². The number of ether oxygens (including phenoxy) is 1. The largest absolute Gasteiger partial charge is 0.479 e. The third kappa shape index (κ3) is 3.37. The average molecular weight is 383 g/mol. The number of hydrogen-bond donors (Lipinski definition) is 1. The molecule has 1 atom stereocenters. The Morgan fingerprint density at radius 2 is 1.92 bits per heavy atom. The van der Waals surface area contributed by atoms with Gasteiger partial charge in [0.2, 0.25) is 5.88 Å². The molecule has 0 amide bonds. The van der Waals surface area contributed by atoms with Crippen molar-refractivity contribution < 1.29 is 17.9 Å². The number of halogens is 4. The van der Waals surface area contributed by atoms with E-state index in [1.165, 1.54) is 25.6 Å². The van der Waals surface area contributed by atoms with E-state index in [1.54, 1.807) is 13.0 Å². The zero-order chi connectivity index (χ0) is 18.8. The van der Waals surface area contributed by atoms with Gasteiger partial charge in [-0.25, -0.2) is 23.1 Å². The van der Waals surface area contributed by atoms with Crippen molar-refractivity contribution in [1.29, 1.82) is 0 Å². The molecule has 0 aliphatic carbocycles. The number of benzene rings is 1. The minimum atomic E-state index is -2.89. The highest BCUT2D eigenvalue weighted by molar-refractivity contribution is 6.30. The highest BCUT2D eigenvalue weighted by Gasteiger charge is 2.20. The molecule has 136 valence electrons. The first-order chi connectivity index (χ1) is 12.4. The number of methoxy groups -OCH3 is 1. The minimum Gasteiger partial charge on any atom is -0.479 e. The van der Waals surface area contributed by atoms with E-state index in [0.717, 1.165) is 6.07 Å². The molecule has 1 aromatic carbocycles. The van der Waals surface area contributed by atoms with Gasteiger partial charge < -0.3 is 10.1 Å². The molecule has 0 aliphatic heterocycles. The average Bonchev–Trinajstić information content (AvgIpc) is 2.61. The summed E-state index contributed by atoms with van der Waals surface area (Å²) in [7, 11) is 1.43. The molecular weight excluding hydrogens is 369 g/mol. The fourth-order valence-electron chi connectivity index (χ4n) is 2.62. The van der Waals surface area contributed by atoms with Crippen LogP contribution in [0, 0.1) is 5.82 Å². The summed E-state index contributed by atoms with van der Waals surface area (Å²) < 4.78 is 45.4. The number of aromatic nitrogens is 3. The van der Waals surface area contributed by atoms with Crippen LogP contribution in [-0.2, 0) is 0 Å². The van der Waals surface area contributed by atoms with Crippen LogP contribution in [0.4, 0.5) is 19.0 Å².